The molecule has 0 aromatic rings. The lowest BCUT2D eigenvalue weighted by atomic mass is 9.89. The Morgan fingerprint density at radius 1 is 1.29 bits per heavy atom. The van der Waals surface area contributed by atoms with E-state index < -0.39 is 14.3 Å². The topological polar surface area (TPSA) is 60.4 Å². The number of hydrogen-bond donors (Lipinski definition) is 0. The molecule has 0 saturated heterocycles. The molecule has 6 heteroatoms. The standard InChI is InChI=1S/C8H13ClO4S/c1-13-8(10)6-2-4-7(5-3-6)14(9,11)12/h6-7H,2-5H2,1H3. The number of carbonyl (C=O) groups excluding carboxylic acids is 1. The molecule has 0 heterocycles. The van der Waals surface area contributed by atoms with Gasteiger partial charge in [0, 0.05) is 10.7 Å². The van der Waals surface area contributed by atoms with Crippen LogP contribution in [0.4, 0.5) is 0 Å². The van der Waals surface area contributed by atoms with E-state index in [0.29, 0.717) is 25.7 Å². The lowest BCUT2D eigenvalue weighted by Gasteiger charge is -2.24. The van der Waals surface area contributed by atoms with E-state index in [0.717, 1.165) is 0 Å². The van der Waals surface area contributed by atoms with Crippen molar-refractivity contribution in [2.45, 2.75) is 30.9 Å². The Balaban J connectivity index is 2.51. The Labute approximate surface area is 88.0 Å². The lowest BCUT2D eigenvalue weighted by molar-refractivity contribution is -0.146. The van der Waals surface area contributed by atoms with Gasteiger partial charge in [-0.25, -0.2) is 8.42 Å². The molecule has 0 radical (unpaired) electrons. The Kier molecular flexibility index (Phi) is 3.78. The number of hydrogen-bond acceptors (Lipinski definition) is 4. The zero-order valence-electron chi connectivity index (χ0n) is 7.90. The molecule has 1 saturated carbocycles. The minimum Gasteiger partial charge on any atom is -0.469 e. The Bertz CT molecular complexity index is 303. The molecule has 0 amide bonds. The largest absolute Gasteiger partial charge is 0.469 e. The van der Waals surface area contributed by atoms with Crippen molar-refractivity contribution < 1.29 is 17.9 Å². The smallest absolute Gasteiger partial charge is 0.308 e. The second-order valence-corrected chi connectivity index (χ2v) is 6.38. The zero-order chi connectivity index (χ0) is 10.8. The molecular weight excluding hydrogens is 228 g/mol. The maximum atomic E-state index is 11.1. The van der Waals surface area contributed by atoms with Gasteiger partial charge in [0.2, 0.25) is 9.05 Å². The van der Waals surface area contributed by atoms with Crippen LogP contribution in [0.2, 0.25) is 0 Å². The number of carbonyl (C=O) groups is 1. The van der Waals surface area contributed by atoms with Crippen molar-refractivity contribution in [1.29, 1.82) is 0 Å². The highest BCUT2D eigenvalue weighted by Crippen LogP contribution is 2.30. The van der Waals surface area contributed by atoms with Crippen LogP contribution in [0.15, 0.2) is 0 Å². The summed E-state index contributed by atoms with van der Waals surface area (Å²) in [5, 5.41) is -0.495. The molecule has 0 aliphatic heterocycles. The fourth-order valence-electron chi connectivity index (χ4n) is 1.75. The molecule has 0 unspecified atom stereocenters. The van der Waals surface area contributed by atoms with E-state index >= 15 is 0 Å². The van der Waals surface area contributed by atoms with Crippen LogP contribution < -0.4 is 0 Å². The molecule has 82 valence electrons. The summed E-state index contributed by atoms with van der Waals surface area (Å²) in [5.41, 5.74) is 0. The fourth-order valence-corrected chi connectivity index (χ4v) is 3.12. The fraction of sp³-hybridized carbons (Fsp3) is 0.875. The average molecular weight is 241 g/mol. The molecule has 1 aliphatic rings. The number of halogens is 1. The summed E-state index contributed by atoms with van der Waals surface area (Å²) < 4.78 is 26.6. The highest BCUT2D eigenvalue weighted by atomic mass is 35.7. The normalized spacial score (nSPS) is 28.4. The highest BCUT2D eigenvalue weighted by molar-refractivity contribution is 8.14. The van der Waals surface area contributed by atoms with Crippen LogP contribution in [-0.4, -0.2) is 26.7 Å². The van der Waals surface area contributed by atoms with Gasteiger partial charge in [-0.3, -0.25) is 4.79 Å². The van der Waals surface area contributed by atoms with Crippen LogP contribution in [-0.2, 0) is 18.6 Å². The van der Waals surface area contributed by atoms with E-state index in [1.165, 1.54) is 7.11 Å². The molecule has 1 rings (SSSR count). The maximum Gasteiger partial charge on any atom is 0.308 e. The first-order valence-electron chi connectivity index (χ1n) is 4.46. The van der Waals surface area contributed by atoms with E-state index in [4.69, 9.17) is 10.7 Å². The monoisotopic (exact) mass is 240 g/mol. The van der Waals surface area contributed by atoms with Crippen LogP contribution >= 0.6 is 10.7 Å². The summed E-state index contributed by atoms with van der Waals surface area (Å²) in [6.07, 6.45) is 1.99. The van der Waals surface area contributed by atoms with Gasteiger partial charge >= 0.3 is 5.97 Å². The molecule has 14 heavy (non-hydrogen) atoms. The summed E-state index contributed by atoms with van der Waals surface area (Å²) >= 11 is 0. The van der Waals surface area contributed by atoms with Gasteiger partial charge in [-0.1, -0.05) is 0 Å². The lowest BCUT2D eigenvalue weighted by Crippen LogP contribution is -2.28. The number of methoxy groups -OCH3 is 1. The molecular formula is C8H13ClO4S. The molecule has 1 aliphatic carbocycles. The predicted octanol–water partition coefficient (Wildman–Crippen LogP) is 1.29. The first kappa shape index (κ1) is 11.8. The van der Waals surface area contributed by atoms with Gasteiger partial charge in [-0.2, -0.15) is 0 Å². The molecule has 4 nitrogen and oxygen atoms in total. The van der Waals surface area contributed by atoms with E-state index in [-0.39, 0.29) is 11.9 Å². The van der Waals surface area contributed by atoms with Gasteiger partial charge < -0.3 is 4.74 Å². The number of rotatable bonds is 2. The van der Waals surface area contributed by atoms with Crippen LogP contribution in [0, 0.1) is 5.92 Å². The zero-order valence-corrected chi connectivity index (χ0v) is 9.47. The van der Waals surface area contributed by atoms with Gasteiger partial charge in [0.15, 0.2) is 0 Å². The van der Waals surface area contributed by atoms with E-state index in [2.05, 4.69) is 4.74 Å². The molecule has 0 N–H and O–H groups in total. The van der Waals surface area contributed by atoms with Gasteiger partial charge in [0.1, 0.15) is 0 Å². The SMILES string of the molecule is COC(=O)C1CCC(S(=O)(=O)Cl)CC1. The third-order valence-electron chi connectivity index (χ3n) is 2.61. The Morgan fingerprint density at radius 2 is 1.79 bits per heavy atom. The summed E-state index contributed by atoms with van der Waals surface area (Å²) in [6.45, 7) is 0. The highest BCUT2D eigenvalue weighted by Gasteiger charge is 2.32. The molecule has 0 bridgehead atoms. The van der Waals surface area contributed by atoms with Crippen molar-refractivity contribution in [1.82, 2.24) is 0 Å². The van der Waals surface area contributed by atoms with Gasteiger partial charge in [-0.05, 0) is 25.7 Å². The van der Waals surface area contributed by atoms with E-state index in [9.17, 15) is 13.2 Å². The third kappa shape index (κ3) is 2.85. The van der Waals surface area contributed by atoms with E-state index in [1.54, 1.807) is 0 Å². The van der Waals surface area contributed by atoms with Crippen LogP contribution in [0.3, 0.4) is 0 Å². The van der Waals surface area contributed by atoms with Crippen molar-refractivity contribution in [2.75, 3.05) is 7.11 Å². The van der Waals surface area contributed by atoms with Gasteiger partial charge in [0.25, 0.3) is 0 Å². The van der Waals surface area contributed by atoms with Crippen molar-refractivity contribution >= 4 is 25.7 Å². The summed E-state index contributed by atoms with van der Waals surface area (Å²) in [6, 6.07) is 0. The predicted molar refractivity (Wildman–Crippen MR) is 52.5 cm³/mol. The maximum absolute atomic E-state index is 11.1. The van der Waals surface area contributed by atoms with Crippen molar-refractivity contribution in [2.24, 2.45) is 5.92 Å². The second-order valence-electron chi connectivity index (χ2n) is 3.47. The second kappa shape index (κ2) is 4.49. The summed E-state index contributed by atoms with van der Waals surface area (Å²) in [5.74, 6) is -0.412. The van der Waals surface area contributed by atoms with Crippen LogP contribution in [0.1, 0.15) is 25.7 Å². The minimum absolute atomic E-state index is 0.158. The van der Waals surface area contributed by atoms with Gasteiger partial charge in [-0.15, -0.1) is 0 Å². The molecule has 0 spiro atoms. The number of ether oxygens (including phenoxy) is 1. The first-order chi connectivity index (χ1) is 6.45. The Morgan fingerprint density at radius 3 is 2.14 bits per heavy atom. The van der Waals surface area contributed by atoms with Crippen LogP contribution in [0.25, 0.3) is 0 Å². The number of esters is 1. The summed E-state index contributed by atoms with van der Waals surface area (Å²) in [4.78, 5) is 11.1. The summed E-state index contributed by atoms with van der Waals surface area (Å²) in [7, 11) is 3.11. The van der Waals surface area contributed by atoms with Crippen molar-refractivity contribution in [3.8, 4) is 0 Å². The third-order valence-corrected chi connectivity index (χ3v) is 4.63. The van der Waals surface area contributed by atoms with Gasteiger partial charge in [0.05, 0.1) is 18.3 Å². The quantitative estimate of drug-likeness (QED) is 0.539. The Hall–Kier alpha value is -0.290. The molecule has 0 aromatic heterocycles. The first-order valence-corrected chi connectivity index (χ1v) is 6.83. The minimum atomic E-state index is -3.46. The van der Waals surface area contributed by atoms with Crippen molar-refractivity contribution in [3.05, 3.63) is 0 Å². The van der Waals surface area contributed by atoms with Crippen LogP contribution in [0.5, 0.6) is 0 Å². The molecule has 1 fully saturated rings. The van der Waals surface area contributed by atoms with E-state index in [1.807, 2.05) is 0 Å². The van der Waals surface area contributed by atoms with Crippen molar-refractivity contribution in [3.63, 3.8) is 0 Å². The molecule has 0 aromatic carbocycles. The molecule has 0 atom stereocenters. The average Bonchev–Trinajstić information content (AvgIpc) is 2.15.